The van der Waals surface area contributed by atoms with E-state index in [1.165, 1.54) is 17.3 Å². The maximum Gasteiger partial charge on any atom is 0.255 e. The summed E-state index contributed by atoms with van der Waals surface area (Å²) in [6.45, 7) is 0.806. The monoisotopic (exact) mass is 238 g/mol. The van der Waals surface area contributed by atoms with Crippen LogP contribution in [0.5, 0.6) is 0 Å². The number of aromatic nitrogens is 1. The van der Waals surface area contributed by atoms with Gasteiger partial charge in [-0.15, -0.1) is 0 Å². The fourth-order valence-electron chi connectivity index (χ4n) is 1.73. The number of halogens is 1. The summed E-state index contributed by atoms with van der Waals surface area (Å²) < 4.78 is 0. The Kier molecular flexibility index (Phi) is 3.19. The van der Waals surface area contributed by atoms with Gasteiger partial charge in [0.1, 0.15) is 0 Å². The molecule has 0 radical (unpaired) electrons. The van der Waals surface area contributed by atoms with Crippen LogP contribution in [0.1, 0.15) is 23.2 Å². The van der Waals surface area contributed by atoms with Gasteiger partial charge < -0.3 is 4.90 Å². The Hall–Kier alpha value is -1.42. The fourth-order valence-corrected chi connectivity index (χ4v) is 1.93. The van der Waals surface area contributed by atoms with E-state index >= 15 is 0 Å². The molecule has 5 heteroatoms. The maximum atomic E-state index is 12.0. The lowest BCUT2D eigenvalue weighted by atomic mass is 10.1. The summed E-state index contributed by atoms with van der Waals surface area (Å²) in [5.41, 5.74) is 0.409. The highest BCUT2D eigenvalue weighted by Crippen LogP contribution is 2.17. The molecule has 0 unspecified atom stereocenters. The van der Waals surface area contributed by atoms with Crippen molar-refractivity contribution >= 4 is 23.3 Å². The first-order valence-corrected chi connectivity index (χ1v) is 5.47. The minimum Gasteiger partial charge on any atom is -0.331 e. The Morgan fingerprint density at radius 1 is 1.50 bits per heavy atom. The normalized spacial score (nSPS) is 16.3. The first kappa shape index (κ1) is 11.1. The standard InChI is InChI=1S/C11H11ClN2O2/c12-10-6-13-4-3-9(10)11(16)14-5-1-2-8(15)7-14/h3-4,6H,1-2,5,7H2. The highest BCUT2D eigenvalue weighted by Gasteiger charge is 2.23. The van der Waals surface area contributed by atoms with Crippen LogP contribution in [0, 0.1) is 0 Å². The predicted octanol–water partition coefficient (Wildman–Crippen LogP) is 1.54. The zero-order valence-corrected chi connectivity index (χ0v) is 9.41. The molecule has 1 aliphatic heterocycles. The first-order valence-electron chi connectivity index (χ1n) is 5.09. The van der Waals surface area contributed by atoms with Gasteiger partial charge in [-0.2, -0.15) is 0 Å². The van der Waals surface area contributed by atoms with E-state index in [1.807, 2.05) is 0 Å². The van der Waals surface area contributed by atoms with Crippen LogP contribution in [0.2, 0.25) is 5.02 Å². The van der Waals surface area contributed by atoms with Gasteiger partial charge in [0.2, 0.25) is 0 Å². The molecule has 1 aromatic rings. The Morgan fingerprint density at radius 3 is 3.00 bits per heavy atom. The van der Waals surface area contributed by atoms with Gasteiger partial charge in [-0.1, -0.05) is 11.6 Å². The SMILES string of the molecule is O=C1CCCN(C(=O)c2ccncc2Cl)C1. The summed E-state index contributed by atoms with van der Waals surface area (Å²) >= 11 is 5.88. The average molecular weight is 239 g/mol. The van der Waals surface area contributed by atoms with Crippen molar-refractivity contribution in [3.05, 3.63) is 29.0 Å². The number of hydrogen-bond donors (Lipinski definition) is 0. The van der Waals surface area contributed by atoms with Gasteiger partial charge in [0.15, 0.2) is 5.78 Å². The number of rotatable bonds is 1. The van der Waals surface area contributed by atoms with E-state index in [-0.39, 0.29) is 18.2 Å². The van der Waals surface area contributed by atoms with Gasteiger partial charge in [0.05, 0.1) is 17.1 Å². The van der Waals surface area contributed by atoms with Crippen molar-refractivity contribution in [1.29, 1.82) is 0 Å². The van der Waals surface area contributed by atoms with Gasteiger partial charge in [0.25, 0.3) is 5.91 Å². The molecule has 1 amide bonds. The van der Waals surface area contributed by atoms with E-state index in [9.17, 15) is 9.59 Å². The number of ketones is 1. The number of likely N-dealkylation sites (tertiary alicyclic amines) is 1. The van der Waals surface area contributed by atoms with Crippen LogP contribution in [0.25, 0.3) is 0 Å². The van der Waals surface area contributed by atoms with E-state index in [0.717, 1.165) is 6.42 Å². The summed E-state index contributed by atoms with van der Waals surface area (Å²) in [4.78, 5) is 28.6. The van der Waals surface area contributed by atoms with Crippen molar-refractivity contribution < 1.29 is 9.59 Å². The van der Waals surface area contributed by atoms with Crippen molar-refractivity contribution in [3.8, 4) is 0 Å². The van der Waals surface area contributed by atoms with Crippen LogP contribution in [0.4, 0.5) is 0 Å². The molecule has 84 valence electrons. The van der Waals surface area contributed by atoms with Gasteiger partial charge in [-0.25, -0.2) is 0 Å². The van der Waals surface area contributed by atoms with Gasteiger partial charge in [-0.05, 0) is 12.5 Å². The van der Waals surface area contributed by atoms with Crippen molar-refractivity contribution in [2.24, 2.45) is 0 Å². The molecule has 4 nitrogen and oxygen atoms in total. The van der Waals surface area contributed by atoms with Gasteiger partial charge >= 0.3 is 0 Å². The minimum absolute atomic E-state index is 0.102. The van der Waals surface area contributed by atoms with Crippen molar-refractivity contribution in [2.75, 3.05) is 13.1 Å². The summed E-state index contributed by atoms with van der Waals surface area (Å²) in [5.74, 6) is -0.0924. The largest absolute Gasteiger partial charge is 0.331 e. The molecule has 1 aromatic heterocycles. The van der Waals surface area contributed by atoms with Crippen LogP contribution < -0.4 is 0 Å². The quantitative estimate of drug-likeness (QED) is 0.746. The number of piperidine rings is 1. The molecular weight excluding hydrogens is 228 g/mol. The zero-order chi connectivity index (χ0) is 11.5. The summed E-state index contributed by atoms with van der Waals surface area (Å²) in [6.07, 6.45) is 4.24. The summed E-state index contributed by atoms with van der Waals surface area (Å²) in [6, 6.07) is 1.57. The van der Waals surface area contributed by atoms with E-state index in [4.69, 9.17) is 11.6 Å². The second-order valence-corrected chi connectivity index (χ2v) is 4.13. The lowest BCUT2D eigenvalue weighted by molar-refractivity contribution is -0.121. The lowest BCUT2D eigenvalue weighted by Crippen LogP contribution is -2.40. The molecule has 1 saturated heterocycles. The van der Waals surface area contributed by atoms with Gasteiger partial charge in [-0.3, -0.25) is 14.6 Å². The van der Waals surface area contributed by atoms with Crippen LogP contribution in [-0.4, -0.2) is 34.7 Å². The van der Waals surface area contributed by atoms with E-state index in [0.29, 0.717) is 23.6 Å². The van der Waals surface area contributed by atoms with E-state index < -0.39 is 0 Å². The highest BCUT2D eigenvalue weighted by molar-refractivity contribution is 6.33. The minimum atomic E-state index is -0.194. The Labute approximate surface area is 98.2 Å². The Bertz CT molecular complexity index is 434. The molecule has 0 aromatic carbocycles. The maximum absolute atomic E-state index is 12.0. The molecule has 1 fully saturated rings. The molecule has 2 heterocycles. The number of Topliss-reactive ketones (excluding diaryl/α,β-unsaturated/α-hetero) is 1. The second-order valence-electron chi connectivity index (χ2n) is 3.72. The van der Waals surface area contributed by atoms with Crippen LogP contribution in [0.3, 0.4) is 0 Å². The zero-order valence-electron chi connectivity index (χ0n) is 8.65. The number of carbonyl (C=O) groups excluding carboxylic acids is 2. The highest BCUT2D eigenvalue weighted by atomic mass is 35.5. The molecule has 2 rings (SSSR count). The average Bonchev–Trinajstić information content (AvgIpc) is 2.29. The van der Waals surface area contributed by atoms with Crippen LogP contribution >= 0.6 is 11.6 Å². The topological polar surface area (TPSA) is 50.3 Å². The summed E-state index contributed by atoms with van der Waals surface area (Å²) in [5, 5.41) is 0.325. The molecule has 0 atom stereocenters. The van der Waals surface area contributed by atoms with Crippen LogP contribution in [-0.2, 0) is 4.79 Å². The Balaban J connectivity index is 2.19. The molecule has 0 saturated carbocycles. The molecule has 0 bridgehead atoms. The lowest BCUT2D eigenvalue weighted by Gasteiger charge is -2.26. The van der Waals surface area contributed by atoms with Crippen molar-refractivity contribution in [1.82, 2.24) is 9.88 Å². The number of nitrogens with zero attached hydrogens (tertiary/aromatic N) is 2. The fraction of sp³-hybridized carbons (Fsp3) is 0.364. The van der Waals surface area contributed by atoms with Crippen molar-refractivity contribution in [3.63, 3.8) is 0 Å². The number of amides is 1. The third-order valence-electron chi connectivity index (χ3n) is 2.54. The third kappa shape index (κ3) is 2.22. The molecule has 1 aliphatic rings. The number of pyridine rings is 1. The third-order valence-corrected chi connectivity index (χ3v) is 2.84. The molecular formula is C11H11ClN2O2. The molecule has 0 N–H and O–H groups in total. The van der Waals surface area contributed by atoms with Crippen LogP contribution in [0.15, 0.2) is 18.5 Å². The molecule has 0 spiro atoms. The van der Waals surface area contributed by atoms with Gasteiger partial charge in [0, 0.05) is 25.4 Å². The predicted molar refractivity (Wildman–Crippen MR) is 59.4 cm³/mol. The second kappa shape index (κ2) is 4.61. The number of carbonyl (C=O) groups is 2. The summed E-state index contributed by atoms with van der Waals surface area (Å²) in [7, 11) is 0. The molecule has 16 heavy (non-hydrogen) atoms. The first-order chi connectivity index (χ1) is 7.68. The van der Waals surface area contributed by atoms with E-state index in [1.54, 1.807) is 6.07 Å². The Morgan fingerprint density at radius 2 is 2.31 bits per heavy atom. The smallest absolute Gasteiger partial charge is 0.255 e. The number of hydrogen-bond acceptors (Lipinski definition) is 3. The van der Waals surface area contributed by atoms with Crippen molar-refractivity contribution in [2.45, 2.75) is 12.8 Å². The van der Waals surface area contributed by atoms with E-state index in [2.05, 4.69) is 4.98 Å². The molecule has 0 aliphatic carbocycles.